The van der Waals surface area contributed by atoms with Crippen LogP contribution in [0.4, 0.5) is 10.7 Å². The molecule has 1 fully saturated rings. The molecule has 0 spiro atoms. The third-order valence-corrected chi connectivity index (χ3v) is 5.93. The van der Waals surface area contributed by atoms with Gasteiger partial charge in [-0.1, -0.05) is 35.9 Å². The van der Waals surface area contributed by atoms with Gasteiger partial charge in [0.25, 0.3) is 0 Å². The lowest BCUT2D eigenvalue weighted by Crippen LogP contribution is -2.41. The van der Waals surface area contributed by atoms with Gasteiger partial charge in [-0.3, -0.25) is 0 Å². The Morgan fingerprint density at radius 2 is 1.91 bits per heavy atom. The summed E-state index contributed by atoms with van der Waals surface area (Å²) >= 11 is 6.22. The van der Waals surface area contributed by atoms with E-state index in [2.05, 4.69) is 39.0 Å². The summed E-state index contributed by atoms with van der Waals surface area (Å²) < 4.78 is 7.63. The lowest BCUT2D eigenvalue weighted by molar-refractivity contribution is 0.0516. The topological polar surface area (TPSA) is 59.4 Å². The highest BCUT2D eigenvalue weighted by molar-refractivity contribution is 6.30. The second-order valence-electron chi connectivity index (χ2n) is 9.43. The molecule has 6 nitrogen and oxygen atoms in total. The molecular weight excluding hydrogens is 424 g/mol. The van der Waals surface area contributed by atoms with E-state index in [4.69, 9.17) is 21.3 Å². The number of nitrogens with one attached hydrogen (secondary N) is 1. The summed E-state index contributed by atoms with van der Waals surface area (Å²) in [7, 11) is 0. The van der Waals surface area contributed by atoms with Crippen LogP contribution in [-0.2, 0) is 11.3 Å². The first kappa shape index (κ1) is 22.5. The Morgan fingerprint density at radius 3 is 2.62 bits per heavy atom. The number of ether oxygens (including phenoxy) is 1. The normalized spacial score (nSPS) is 15.2. The molecule has 0 atom stereocenters. The zero-order chi connectivity index (χ0) is 22.7. The SMILES string of the molecule is CC(C)(C)OC(=O)NCC1CCN(c2nc3ccccc3n2Cc2cccc(Cl)c2)CC1. The number of benzene rings is 2. The largest absolute Gasteiger partial charge is 0.444 e. The predicted molar refractivity (Wildman–Crippen MR) is 129 cm³/mol. The van der Waals surface area contributed by atoms with Gasteiger partial charge in [0.2, 0.25) is 5.95 Å². The van der Waals surface area contributed by atoms with Crippen LogP contribution in [0.5, 0.6) is 0 Å². The molecule has 32 heavy (non-hydrogen) atoms. The highest BCUT2D eigenvalue weighted by atomic mass is 35.5. The standard InChI is InChI=1S/C25H31ClN4O2/c1-25(2,3)32-24(31)27-16-18-11-13-29(14-12-18)23-28-21-9-4-5-10-22(21)30(23)17-19-7-6-8-20(26)15-19/h4-10,15,18H,11-14,16-17H2,1-3H3,(H,27,31). The quantitative estimate of drug-likeness (QED) is 0.554. The van der Waals surface area contributed by atoms with E-state index >= 15 is 0 Å². The van der Waals surface area contributed by atoms with E-state index in [1.165, 1.54) is 0 Å². The Hall–Kier alpha value is -2.73. The number of nitrogens with zero attached hydrogens (tertiary/aromatic N) is 3. The van der Waals surface area contributed by atoms with Crippen LogP contribution in [0.1, 0.15) is 39.2 Å². The van der Waals surface area contributed by atoms with Crippen LogP contribution < -0.4 is 10.2 Å². The minimum Gasteiger partial charge on any atom is -0.444 e. The number of alkyl carbamates (subject to hydrolysis) is 1. The van der Waals surface area contributed by atoms with Crippen LogP contribution >= 0.6 is 11.6 Å². The monoisotopic (exact) mass is 454 g/mol. The average Bonchev–Trinajstić information content (AvgIpc) is 3.10. The maximum absolute atomic E-state index is 12.0. The summed E-state index contributed by atoms with van der Waals surface area (Å²) in [6, 6.07) is 16.2. The number of carbonyl (C=O) groups is 1. The van der Waals surface area contributed by atoms with Gasteiger partial charge in [-0.15, -0.1) is 0 Å². The van der Waals surface area contributed by atoms with Gasteiger partial charge in [0, 0.05) is 24.7 Å². The highest BCUT2D eigenvalue weighted by Crippen LogP contribution is 2.28. The Labute approximate surface area is 194 Å². The molecule has 0 aliphatic carbocycles. The van der Waals surface area contributed by atoms with E-state index in [0.29, 0.717) is 12.5 Å². The highest BCUT2D eigenvalue weighted by Gasteiger charge is 2.25. The van der Waals surface area contributed by atoms with Crippen molar-refractivity contribution in [2.45, 2.75) is 45.8 Å². The van der Waals surface area contributed by atoms with Crippen molar-refractivity contribution in [3.8, 4) is 0 Å². The van der Waals surface area contributed by atoms with Crippen LogP contribution in [0.2, 0.25) is 5.02 Å². The molecule has 7 heteroatoms. The number of aromatic nitrogens is 2. The van der Waals surface area contributed by atoms with Gasteiger partial charge in [-0.25, -0.2) is 9.78 Å². The molecule has 4 rings (SSSR count). The van der Waals surface area contributed by atoms with Crippen molar-refractivity contribution < 1.29 is 9.53 Å². The van der Waals surface area contributed by atoms with Crippen molar-refractivity contribution >= 4 is 34.7 Å². The summed E-state index contributed by atoms with van der Waals surface area (Å²) in [5.74, 6) is 1.43. The van der Waals surface area contributed by atoms with E-state index in [1.54, 1.807) is 0 Å². The van der Waals surface area contributed by atoms with Crippen molar-refractivity contribution in [2.24, 2.45) is 5.92 Å². The fourth-order valence-corrected chi connectivity index (χ4v) is 4.37. The molecule has 0 radical (unpaired) electrons. The van der Waals surface area contributed by atoms with Crippen LogP contribution in [0.15, 0.2) is 48.5 Å². The van der Waals surface area contributed by atoms with Gasteiger partial charge in [-0.2, -0.15) is 0 Å². The molecule has 170 valence electrons. The molecule has 2 heterocycles. The summed E-state index contributed by atoms with van der Waals surface area (Å²) in [6.07, 6.45) is 1.65. The van der Waals surface area contributed by atoms with E-state index in [-0.39, 0.29) is 6.09 Å². The molecule has 1 aromatic heterocycles. The number of halogens is 1. The summed E-state index contributed by atoms with van der Waals surface area (Å²) in [4.78, 5) is 19.3. The zero-order valence-corrected chi connectivity index (χ0v) is 19.7. The van der Waals surface area contributed by atoms with Crippen molar-refractivity contribution in [3.05, 3.63) is 59.1 Å². The van der Waals surface area contributed by atoms with Gasteiger partial charge in [-0.05, 0) is 69.4 Å². The van der Waals surface area contributed by atoms with Gasteiger partial charge in [0.1, 0.15) is 5.60 Å². The second-order valence-corrected chi connectivity index (χ2v) is 9.87. The number of hydrogen-bond acceptors (Lipinski definition) is 4. The number of imidazole rings is 1. The molecule has 0 bridgehead atoms. The predicted octanol–water partition coefficient (Wildman–Crippen LogP) is 5.48. The van der Waals surface area contributed by atoms with Crippen LogP contribution in [0.25, 0.3) is 11.0 Å². The third kappa shape index (κ3) is 5.54. The Kier molecular flexibility index (Phi) is 6.60. The van der Waals surface area contributed by atoms with E-state index in [0.717, 1.165) is 60.0 Å². The average molecular weight is 455 g/mol. The Bertz CT molecular complexity index is 1080. The summed E-state index contributed by atoms with van der Waals surface area (Å²) in [5, 5.41) is 3.66. The maximum Gasteiger partial charge on any atom is 0.407 e. The van der Waals surface area contributed by atoms with Crippen molar-refractivity contribution in [2.75, 3.05) is 24.5 Å². The molecule has 1 N–H and O–H groups in total. The van der Waals surface area contributed by atoms with Gasteiger partial charge in [0.15, 0.2) is 0 Å². The second kappa shape index (κ2) is 9.41. The molecule has 0 saturated carbocycles. The first-order valence-electron chi connectivity index (χ1n) is 11.2. The lowest BCUT2D eigenvalue weighted by Gasteiger charge is -2.33. The van der Waals surface area contributed by atoms with Crippen LogP contribution in [0, 0.1) is 5.92 Å². The smallest absolute Gasteiger partial charge is 0.407 e. The van der Waals surface area contributed by atoms with E-state index < -0.39 is 5.60 Å². The zero-order valence-electron chi connectivity index (χ0n) is 19.0. The molecule has 1 amide bonds. The first-order chi connectivity index (χ1) is 15.3. The number of hydrogen-bond donors (Lipinski definition) is 1. The van der Waals surface area contributed by atoms with E-state index in [9.17, 15) is 4.79 Å². The summed E-state index contributed by atoms with van der Waals surface area (Å²) in [6.45, 7) is 8.79. The fourth-order valence-electron chi connectivity index (χ4n) is 4.16. The van der Waals surface area contributed by atoms with Crippen molar-refractivity contribution in [1.82, 2.24) is 14.9 Å². The number of piperidine rings is 1. The molecule has 2 aromatic carbocycles. The minimum absolute atomic E-state index is 0.344. The number of fused-ring (bicyclic) bond motifs is 1. The van der Waals surface area contributed by atoms with E-state index in [1.807, 2.05) is 45.0 Å². The number of amides is 1. The fraction of sp³-hybridized carbons (Fsp3) is 0.440. The van der Waals surface area contributed by atoms with Gasteiger partial charge in [0.05, 0.1) is 17.6 Å². The third-order valence-electron chi connectivity index (χ3n) is 5.70. The van der Waals surface area contributed by atoms with Crippen molar-refractivity contribution in [3.63, 3.8) is 0 Å². The van der Waals surface area contributed by atoms with Gasteiger partial charge >= 0.3 is 6.09 Å². The Morgan fingerprint density at radius 1 is 1.16 bits per heavy atom. The molecule has 3 aromatic rings. The molecule has 1 aliphatic rings. The van der Waals surface area contributed by atoms with Crippen molar-refractivity contribution in [1.29, 1.82) is 0 Å². The van der Waals surface area contributed by atoms with Crippen LogP contribution in [-0.4, -0.2) is 40.9 Å². The number of carbonyl (C=O) groups excluding carboxylic acids is 1. The maximum atomic E-state index is 12.0. The summed E-state index contributed by atoms with van der Waals surface area (Å²) in [5.41, 5.74) is 2.79. The molecule has 1 aliphatic heterocycles. The van der Waals surface area contributed by atoms with Crippen LogP contribution in [0.3, 0.4) is 0 Å². The number of anilines is 1. The van der Waals surface area contributed by atoms with Gasteiger partial charge < -0.3 is 19.5 Å². The minimum atomic E-state index is -0.477. The number of rotatable bonds is 5. The molecule has 1 saturated heterocycles. The number of para-hydroxylation sites is 2. The molecule has 0 unspecified atom stereocenters. The molecular formula is C25H31ClN4O2. The Balaban J connectivity index is 1.45. The lowest BCUT2D eigenvalue weighted by atomic mass is 9.97. The first-order valence-corrected chi connectivity index (χ1v) is 11.6.